The van der Waals surface area contributed by atoms with Gasteiger partial charge in [-0.15, -0.1) is 5.10 Å². The van der Waals surface area contributed by atoms with Gasteiger partial charge < -0.3 is 14.8 Å². The number of aromatic amines is 1. The molecule has 0 amide bonds. The second-order valence-electron chi connectivity index (χ2n) is 8.78. The molecule has 10 nitrogen and oxygen atoms in total. The van der Waals surface area contributed by atoms with E-state index >= 15 is 0 Å². The lowest BCUT2D eigenvalue weighted by molar-refractivity contribution is 0.146. The van der Waals surface area contributed by atoms with Crippen molar-refractivity contribution in [1.82, 2.24) is 24.3 Å². The number of aliphatic hydroxyl groups is 1. The zero-order chi connectivity index (χ0) is 26.7. The number of aryl methyl sites for hydroxylation is 2. The number of nitrogens with one attached hydrogen (secondary N) is 2. The van der Waals surface area contributed by atoms with Crippen LogP contribution in [0, 0.1) is 6.92 Å². The van der Waals surface area contributed by atoms with E-state index in [-0.39, 0.29) is 16.3 Å². The summed E-state index contributed by atoms with van der Waals surface area (Å²) >= 11 is 0. The van der Waals surface area contributed by atoms with E-state index in [0.29, 0.717) is 46.9 Å². The van der Waals surface area contributed by atoms with E-state index in [0.717, 1.165) is 6.42 Å². The van der Waals surface area contributed by atoms with Crippen molar-refractivity contribution in [3.63, 3.8) is 0 Å². The predicted octanol–water partition coefficient (Wildman–Crippen LogP) is 3.14. The summed E-state index contributed by atoms with van der Waals surface area (Å²) in [5, 5.41) is 15.2. The number of hydrogen-bond donors (Lipinski definition) is 3. The largest absolute Gasteiger partial charge is 0.493 e. The summed E-state index contributed by atoms with van der Waals surface area (Å²) in [7, 11) is -4.04. The fraction of sp³-hybridized carbons (Fsp3) is 0.346. The van der Waals surface area contributed by atoms with Crippen LogP contribution >= 0.6 is 0 Å². The molecule has 1 unspecified atom stereocenters. The van der Waals surface area contributed by atoms with Crippen molar-refractivity contribution in [3.8, 4) is 17.1 Å². The van der Waals surface area contributed by atoms with E-state index in [1.807, 2.05) is 13.0 Å². The van der Waals surface area contributed by atoms with Crippen LogP contribution in [0.15, 0.2) is 58.2 Å². The number of benzene rings is 2. The molecule has 4 aromatic rings. The van der Waals surface area contributed by atoms with Crippen molar-refractivity contribution >= 4 is 15.5 Å². The average Bonchev–Trinajstić information content (AvgIpc) is 3.19. The predicted molar refractivity (Wildman–Crippen MR) is 140 cm³/mol. The number of imidazole rings is 1. The Bertz CT molecular complexity index is 1560. The molecule has 11 heteroatoms. The van der Waals surface area contributed by atoms with Crippen molar-refractivity contribution in [3.05, 3.63) is 76.0 Å². The molecule has 3 N–H and O–H groups in total. The van der Waals surface area contributed by atoms with Gasteiger partial charge in [-0.25, -0.2) is 22.6 Å². The molecule has 0 radical (unpaired) electrons. The van der Waals surface area contributed by atoms with E-state index in [2.05, 4.69) is 19.8 Å². The van der Waals surface area contributed by atoms with Crippen LogP contribution in [-0.4, -0.2) is 45.8 Å². The zero-order valence-corrected chi connectivity index (χ0v) is 22.0. The fourth-order valence-corrected chi connectivity index (χ4v) is 5.48. The van der Waals surface area contributed by atoms with E-state index < -0.39 is 22.2 Å². The number of H-pyrrole nitrogens is 1. The molecule has 0 aliphatic carbocycles. The van der Waals surface area contributed by atoms with Crippen LogP contribution < -0.4 is 15.0 Å². The molecule has 0 aliphatic rings. The number of nitrogens with zero attached hydrogens (tertiary/aromatic N) is 3. The first-order valence-electron chi connectivity index (χ1n) is 12.2. The van der Waals surface area contributed by atoms with Gasteiger partial charge in [0.2, 0.25) is 10.0 Å². The highest BCUT2D eigenvalue weighted by Gasteiger charge is 2.25. The van der Waals surface area contributed by atoms with Crippen LogP contribution in [0.2, 0.25) is 0 Å². The standard InChI is InChI=1S/C26H31N5O5S/c1-5-10-22-27-16(3)23-26(33)28-25(29-31(22)23)20-15-19(13-14-21(20)36-6-2)37(34,35)30-17(4)24(32)18-11-8-7-9-12-18/h7-9,11-15,17,24,30,32H,5-6,10H2,1-4H3,(H,28,29,33)/t17?,24-/m0/s1. The molecule has 2 atom stereocenters. The average molecular weight is 526 g/mol. The quantitative estimate of drug-likeness (QED) is 0.289. The Kier molecular flexibility index (Phi) is 7.76. The lowest BCUT2D eigenvalue weighted by Gasteiger charge is -2.21. The third kappa shape index (κ3) is 5.43. The third-order valence-corrected chi connectivity index (χ3v) is 7.55. The normalized spacial score (nSPS) is 13.5. The summed E-state index contributed by atoms with van der Waals surface area (Å²) in [6.07, 6.45) is 0.405. The lowest BCUT2D eigenvalue weighted by Crippen LogP contribution is -2.37. The highest BCUT2D eigenvalue weighted by atomic mass is 32.2. The van der Waals surface area contributed by atoms with Gasteiger partial charge in [0.1, 0.15) is 11.6 Å². The SMILES string of the molecule is CCCc1nc(C)c2c(=O)[nH]c(-c3cc(S(=O)(=O)NC(C)[C@H](O)c4ccccc4)ccc3OCC)nn12. The van der Waals surface area contributed by atoms with Gasteiger partial charge >= 0.3 is 0 Å². The topological polar surface area (TPSA) is 139 Å². The minimum atomic E-state index is -4.04. The van der Waals surface area contributed by atoms with Crippen LogP contribution in [0.25, 0.3) is 16.9 Å². The Morgan fingerprint density at radius 2 is 1.89 bits per heavy atom. The molecule has 0 aliphatic heterocycles. The summed E-state index contributed by atoms with van der Waals surface area (Å²) in [6, 6.07) is 12.4. The minimum absolute atomic E-state index is 0.0589. The number of aromatic nitrogens is 4. The molecular weight excluding hydrogens is 494 g/mol. The van der Waals surface area contributed by atoms with E-state index in [9.17, 15) is 18.3 Å². The molecule has 2 heterocycles. The van der Waals surface area contributed by atoms with Gasteiger partial charge in [-0.05, 0) is 51.0 Å². The first kappa shape index (κ1) is 26.5. The Labute approximate surface area is 215 Å². The summed E-state index contributed by atoms with van der Waals surface area (Å²) in [4.78, 5) is 20.1. The molecule has 0 spiro atoms. The second-order valence-corrected chi connectivity index (χ2v) is 10.5. The minimum Gasteiger partial charge on any atom is -0.493 e. The van der Waals surface area contributed by atoms with Gasteiger partial charge in [-0.1, -0.05) is 37.3 Å². The van der Waals surface area contributed by atoms with Crippen molar-refractivity contribution in [1.29, 1.82) is 0 Å². The molecule has 0 bridgehead atoms. The molecule has 196 valence electrons. The van der Waals surface area contributed by atoms with Crippen LogP contribution in [0.5, 0.6) is 5.75 Å². The molecule has 4 rings (SSSR count). The monoisotopic (exact) mass is 525 g/mol. The molecule has 0 saturated heterocycles. The highest BCUT2D eigenvalue weighted by molar-refractivity contribution is 7.89. The fourth-order valence-electron chi connectivity index (χ4n) is 4.20. The Balaban J connectivity index is 1.76. The Morgan fingerprint density at radius 3 is 2.57 bits per heavy atom. The van der Waals surface area contributed by atoms with E-state index in [1.165, 1.54) is 22.7 Å². The summed E-state index contributed by atoms with van der Waals surface area (Å²) < 4.78 is 36.4. The lowest BCUT2D eigenvalue weighted by atomic mass is 10.0. The first-order chi connectivity index (χ1) is 17.7. The van der Waals surface area contributed by atoms with Gasteiger partial charge in [0.05, 0.1) is 28.9 Å². The van der Waals surface area contributed by atoms with E-state index in [4.69, 9.17) is 4.74 Å². The number of sulfonamides is 1. The van der Waals surface area contributed by atoms with Crippen molar-refractivity contribution in [2.45, 2.75) is 57.6 Å². The van der Waals surface area contributed by atoms with Crippen molar-refractivity contribution in [2.75, 3.05) is 6.61 Å². The van der Waals surface area contributed by atoms with Gasteiger partial charge in [-0.2, -0.15) is 0 Å². The van der Waals surface area contributed by atoms with Crippen molar-refractivity contribution < 1.29 is 18.3 Å². The second kappa shape index (κ2) is 10.8. The summed E-state index contributed by atoms with van der Waals surface area (Å²) in [5.74, 6) is 1.18. The van der Waals surface area contributed by atoms with Crippen LogP contribution in [0.3, 0.4) is 0 Å². The molecule has 0 saturated carbocycles. The first-order valence-corrected chi connectivity index (χ1v) is 13.7. The number of rotatable bonds is 10. The van der Waals surface area contributed by atoms with E-state index in [1.54, 1.807) is 45.0 Å². The Morgan fingerprint density at radius 1 is 1.16 bits per heavy atom. The number of hydrogen-bond acceptors (Lipinski definition) is 7. The number of fused-ring (bicyclic) bond motifs is 1. The maximum absolute atomic E-state index is 13.3. The smallest absolute Gasteiger partial charge is 0.277 e. The molecular formula is C26H31N5O5S. The maximum atomic E-state index is 13.3. The van der Waals surface area contributed by atoms with Crippen molar-refractivity contribution in [2.24, 2.45) is 0 Å². The third-order valence-electron chi connectivity index (χ3n) is 5.99. The zero-order valence-electron chi connectivity index (χ0n) is 21.2. The van der Waals surface area contributed by atoms with Gasteiger partial charge in [0.25, 0.3) is 5.56 Å². The van der Waals surface area contributed by atoms with Crippen LogP contribution in [0.1, 0.15) is 50.4 Å². The molecule has 0 fully saturated rings. The van der Waals surface area contributed by atoms with Gasteiger partial charge in [-0.3, -0.25) is 4.79 Å². The Hall–Kier alpha value is -3.54. The highest BCUT2D eigenvalue weighted by Crippen LogP contribution is 2.31. The summed E-state index contributed by atoms with van der Waals surface area (Å²) in [5.41, 5.74) is 1.44. The number of aliphatic hydroxyl groups excluding tert-OH is 1. The molecule has 2 aromatic heterocycles. The summed E-state index contributed by atoms with van der Waals surface area (Å²) in [6.45, 7) is 7.49. The maximum Gasteiger partial charge on any atom is 0.277 e. The molecule has 37 heavy (non-hydrogen) atoms. The molecule has 2 aromatic carbocycles. The number of ether oxygens (including phenoxy) is 1. The van der Waals surface area contributed by atoms with Gasteiger partial charge in [0, 0.05) is 12.5 Å². The van der Waals surface area contributed by atoms with Gasteiger partial charge in [0.15, 0.2) is 11.3 Å². The van der Waals surface area contributed by atoms with Crippen LogP contribution in [0.4, 0.5) is 0 Å². The van der Waals surface area contributed by atoms with Crippen LogP contribution in [-0.2, 0) is 16.4 Å².